The van der Waals surface area contributed by atoms with Crippen LogP contribution in [0.3, 0.4) is 0 Å². The summed E-state index contributed by atoms with van der Waals surface area (Å²) < 4.78 is 0. The largest absolute Gasteiger partial charge is 0.331 e. The van der Waals surface area contributed by atoms with Crippen LogP contribution in [0.1, 0.15) is 17.5 Å². The molecule has 2 heterocycles. The van der Waals surface area contributed by atoms with Crippen molar-refractivity contribution in [2.75, 3.05) is 31.8 Å². The van der Waals surface area contributed by atoms with Gasteiger partial charge in [-0.15, -0.1) is 11.8 Å². The molecule has 1 amide bonds. The first-order valence-electron chi connectivity index (χ1n) is 7.96. The van der Waals surface area contributed by atoms with E-state index in [1.54, 1.807) is 0 Å². The molecule has 122 valence electrons. The van der Waals surface area contributed by atoms with Crippen LogP contribution in [0.25, 0.3) is 0 Å². The number of hydrogen-bond acceptors (Lipinski definition) is 5. The first kappa shape index (κ1) is 16.3. The Morgan fingerprint density at radius 2 is 2.26 bits per heavy atom. The van der Waals surface area contributed by atoms with Gasteiger partial charge >= 0.3 is 0 Å². The van der Waals surface area contributed by atoms with Crippen LogP contribution in [0.4, 0.5) is 0 Å². The van der Waals surface area contributed by atoms with Crippen molar-refractivity contribution in [2.24, 2.45) is 0 Å². The summed E-state index contributed by atoms with van der Waals surface area (Å²) in [4.78, 5) is 16.7. The molecule has 1 aromatic carbocycles. The molecule has 0 aliphatic carbocycles. The Bertz CT molecular complexity index is 592. The van der Waals surface area contributed by atoms with E-state index in [9.17, 15) is 4.79 Å². The minimum Gasteiger partial charge on any atom is -0.331 e. The van der Waals surface area contributed by atoms with Crippen LogP contribution in [0, 0.1) is 11.3 Å². The third-order valence-corrected chi connectivity index (χ3v) is 5.57. The van der Waals surface area contributed by atoms with E-state index in [1.807, 2.05) is 40.9 Å². The first-order chi connectivity index (χ1) is 11.2. The highest BCUT2D eigenvalue weighted by atomic mass is 32.2. The van der Waals surface area contributed by atoms with Crippen molar-refractivity contribution in [1.82, 2.24) is 15.1 Å². The van der Waals surface area contributed by atoms with Crippen LogP contribution in [0.5, 0.6) is 0 Å². The normalized spacial score (nSPS) is 24.1. The highest BCUT2D eigenvalue weighted by Crippen LogP contribution is 2.20. The number of nitriles is 1. The summed E-state index contributed by atoms with van der Waals surface area (Å²) in [6.45, 7) is 2.57. The van der Waals surface area contributed by atoms with Crippen LogP contribution in [0.2, 0.25) is 0 Å². The lowest BCUT2D eigenvalue weighted by atomic mass is 10.1. The molecule has 2 fully saturated rings. The predicted octanol–water partition coefficient (Wildman–Crippen LogP) is 1.25. The fourth-order valence-corrected chi connectivity index (χ4v) is 4.11. The monoisotopic (exact) mass is 330 g/mol. The van der Waals surface area contributed by atoms with Crippen molar-refractivity contribution < 1.29 is 4.79 Å². The lowest BCUT2D eigenvalue weighted by molar-refractivity contribution is -0.131. The van der Waals surface area contributed by atoms with Crippen molar-refractivity contribution in [3.8, 4) is 6.07 Å². The summed E-state index contributed by atoms with van der Waals surface area (Å²) in [5.74, 6) is 2.15. The summed E-state index contributed by atoms with van der Waals surface area (Å²) in [6.07, 6.45) is 0.868. The molecule has 0 aromatic heterocycles. The van der Waals surface area contributed by atoms with Gasteiger partial charge in [-0.3, -0.25) is 9.69 Å². The van der Waals surface area contributed by atoms with Gasteiger partial charge < -0.3 is 10.2 Å². The molecular weight excluding hydrogens is 308 g/mol. The molecule has 23 heavy (non-hydrogen) atoms. The van der Waals surface area contributed by atoms with E-state index in [-0.39, 0.29) is 11.9 Å². The molecule has 0 spiro atoms. The molecule has 2 aliphatic rings. The topological polar surface area (TPSA) is 59.4 Å². The molecule has 2 atom stereocenters. The van der Waals surface area contributed by atoms with Gasteiger partial charge in [0.25, 0.3) is 0 Å². The molecule has 0 bridgehead atoms. The van der Waals surface area contributed by atoms with Gasteiger partial charge in [-0.2, -0.15) is 5.26 Å². The second kappa shape index (κ2) is 7.35. The molecule has 6 heteroatoms. The number of nitrogens with one attached hydrogen (secondary N) is 1. The Morgan fingerprint density at radius 3 is 2.91 bits per heavy atom. The SMILES string of the molecule is CN(Cc1ccc(C#N)cc1)[C@@H]1CN[C@H](C(=O)N2CCSC2)C1. The lowest BCUT2D eigenvalue weighted by Crippen LogP contribution is -2.42. The predicted molar refractivity (Wildman–Crippen MR) is 91.9 cm³/mol. The number of likely N-dealkylation sites (N-methyl/N-ethyl adjacent to an activating group) is 1. The van der Waals surface area contributed by atoms with E-state index in [1.165, 1.54) is 5.56 Å². The molecule has 2 saturated heterocycles. The van der Waals surface area contributed by atoms with Gasteiger partial charge in [0.05, 0.1) is 23.6 Å². The standard InChI is InChI=1S/C17H22N4OS/c1-20(11-14-4-2-13(9-18)3-5-14)15-8-16(19-10-15)17(22)21-6-7-23-12-21/h2-5,15-16,19H,6-8,10-12H2,1H3/t15-,16-/m0/s1. The van der Waals surface area contributed by atoms with E-state index >= 15 is 0 Å². The summed E-state index contributed by atoms with van der Waals surface area (Å²) in [6, 6.07) is 10.2. The third kappa shape index (κ3) is 3.86. The molecule has 1 N–H and O–H groups in total. The second-order valence-electron chi connectivity index (χ2n) is 6.21. The van der Waals surface area contributed by atoms with Gasteiger partial charge in [0, 0.05) is 31.4 Å². The Labute approximate surface area is 141 Å². The number of carbonyl (C=O) groups excluding carboxylic acids is 1. The maximum atomic E-state index is 12.4. The van der Waals surface area contributed by atoms with Gasteiger partial charge in [0.1, 0.15) is 0 Å². The van der Waals surface area contributed by atoms with Crippen molar-refractivity contribution in [1.29, 1.82) is 5.26 Å². The van der Waals surface area contributed by atoms with E-state index in [0.717, 1.165) is 37.7 Å². The molecule has 5 nitrogen and oxygen atoms in total. The Morgan fingerprint density at radius 1 is 1.48 bits per heavy atom. The van der Waals surface area contributed by atoms with Gasteiger partial charge in [-0.25, -0.2) is 0 Å². The second-order valence-corrected chi connectivity index (χ2v) is 7.29. The maximum absolute atomic E-state index is 12.4. The molecule has 3 rings (SSSR count). The van der Waals surface area contributed by atoms with Crippen LogP contribution in [-0.4, -0.2) is 59.6 Å². The minimum atomic E-state index is -0.0397. The molecule has 0 saturated carbocycles. The quantitative estimate of drug-likeness (QED) is 0.900. The fourth-order valence-electron chi connectivity index (χ4n) is 3.15. The lowest BCUT2D eigenvalue weighted by Gasteiger charge is -2.24. The first-order valence-corrected chi connectivity index (χ1v) is 9.12. The van der Waals surface area contributed by atoms with Crippen molar-refractivity contribution >= 4 is 17.7 Å². The van der Waals surface area contributed by atoms with Crippen LogP contribution >= 0.6 is 11.8 Å². The highest BCUT2D eigenvalue weighted by Gasteiger charge is 2.34. The third-order valence-electron chi connectivity index (χ3n) is 4.61. The zero-order chi connectivity index (χ0) is 16.2. The van der Waals surface area contributed by atoms with Gasteiger partial charge in [0.2, 0.25) is 5.91 Å². The molecule has 0 radical (unpaired) electrons. The van der Waals surface area contributed by atoms with Gasteiger partial charge in [0.15, 0.2) is 0 Å². The molecular formula is C17H22N4OS. The summed E-state index contributed by atoms with van der Waals surface area (Å²) >= 11 is 1.83. The number of amides is 1. The molecule has 2 aliphatic heterocycles. The Balaban J connectivity index is 1.53. The van der Waals surface area contributed by atoms with Gasteiger partial charge in [-0.1, -0.05) is 12.1 Å². The van der Waals surface area contributed by atoms with Crippen LogP contribution < -0.4 is 5.32 Å². The average Bonchev–Trinajstić information content (AvgIpc) is 3.26. The number of carbonyl (C=O) groups is 1. The van der Waals surface area contributed by atoms with Crippen molar-refractivity contribution in [3.63, 3.8) is 0 Å². The number of hydrogen-bond donors (Lipinski definition) is 1. The van der Waals surface area contributed by atoms with Crippen LogP contribution in [-0.2, 0) is 11.3 Å². The summed E-state index contributed by atoms with van der Waals surface area (Å²) in [7, 11) is 2.10. The minimum absolute atomic E-state index is 0.0397. The number of thioether (sulfide) groups is 1. The maximum Gasteiger partial charge on any atom is 0.240 e. The summed E-state index contributed by atoms with van der Waals surface area (Å²) in [5.41, 5.74) is 1.88. The van der Waals surface area contributed by atoms with Gasteiger partial charge in [-0.05, 0) is 31.2 Å². The zero-order valence-corrected chi connectivity index (χ0v) is 14.2. The number of rotatable bonds is 4. The highest BCUT2D eigenvalue weighted by molar-refractivity contribution is 7.99. The summed E-state index contributed by atoms with van der Waals surface area (Å²) in [5, 5.41) is 12.2. The smallest absolute Gasteiger partial charge is 0.240 e. The van der Waals surface area contributed by atoms with E-state index in [0.29, 0.717) is 11.6 Å². The Hall–Kier alpha value is -1.55. The number of nitrogens with zero attached hydrogens (tertiary/aromatic N) is 3. The van der Waals surface area contributed by atoms with E-state index in [2.05, 4.69) is 23.3 Å². The number of benzene rings is 1. The zero-order valence-electron chi connectivity index (χ0n) is 13.4. The fraction of sp³-hybridized carbons (Fsp3) is 0.529. The average molecular weight is 330 g/mol. The van der Waals surface area contributed by atoms with E-state index in [4.69, 9.17) is 5.26 Å². The van der Waals surface area contributed by atoms with E-state index < -0.39 is 0 Å². The van der Waals surface area contributed by atoms with Crippen LogP contribution in [0.15, 0.2) is 24.3 Å². The molecule has 1 aromatic rings. The van der Waals surface area contributed by atoms with Crippen molar-refractivity contribution in [3.05, 3.63) is 35.4 Å². The van der Waals surface area contributed by atoms with Crippen molar-refractivity contribution in [2.45, 2.75) is 25.0 Å². The Kier molecular flexibility index (Phi) is 5.21. The molecule has 0 unspecified atom stereocenters.